The smallest absolute Gasteiger partial charge is 0.418 e. The van der Waals surface area contributed by atoms with E-state index in [1.54, 1.807) is 0 Å². The highest BCUT2D eigenvalue weighted by Crippen LogP contribution is 2.36. The van der Waals surface area contributed by atoms with Gasteiger partial charge in [0, 0.05) is 31.2 Å². The van der Waals surface area contributed by atoms with E-state index >= 15 is 0 Å². The number of nitrogens with zero attached hydrogens (tertiary/aromatic N) is 2. The lowest BCUT2D eigenvalue weighted by Gasteiger charge is -2.29. The zero-order valence-corrected chi connectivity index (χ0v) is 18.7. The SMILES string of the molecule is Cc1ccc(CN(CCCN2CCOCC2)C(=S)Nc2ccc(Cl)cc2C(F)(F)F)o1. The number of benzene rings is 1. The highest BCUT2D eigenvalue weighted by atomic mass is 35.5. The third-order valence-corrected chi connectivity index (χ3v) is 5.56. The number of nitrogens with one attached hydrogen (secondary N) is 1. The van der Waals surface area contributed by atoms with Crippen LogP contribution < -0.4 is 5.32 Å². The summed E-state index contributed by atoms with van der Waals surface area (Å²) in [6.07, 6.45) is -3.75. The number of alkyl halides is 3. The fourth-order valence-corrected chi connectivity index (χ4v) is 3.81. The first-order valence-corrected chi connectivity index (χ1v) is 10.8. The van der Waals surface area contributed by atoms with E-state index in [0.29, 0.717) is 32.1 Å². The number of rotatable bonds is 7. The number of ether oxygens (including phenoxy) is 1. The third-order valence-electron chi connectivity index (χ3n) is 4.96. The summed E-state index contributed by atoms with van der Waals surface area (Å²) in [7, 11) is 0. The molecule has 31 heavy (non-hydrogen) atoms. The molecule has 0 radical (unpaired) electrons. The molecule has 1 aromatic carbocycles. The molecule has 1 aliphatic heterocycles. The van der Waals surface area contributed by atoms with Gasteiger partial charge in [-0.25, -0.2) is 0 Å². The Morgan fingerprint density at radius 2 is 1.97 bits per heavy atom. The van der Waals surface area contributed by atoms with Crippen LogP contribution in [0.5, 0.6) is 0 Å². The van der Waals surface area contributed by atoms with Crippen LogP contribution in [0.4, 0.5) is 18.9 Å². The predicted octanol–water partition coefficient (Wildman–Crippen LogP) is 5.18. The van der Waals surface area contributed by atoms with Crippen molar-refractivity contribution in [3.05, 3.63) is 52.4 Å². The molecule has 0 unspecified atom stereocenters. The minimum atomic E-state index is -4.55. The Balaban J connectivity index is 1.70. The van der Waals surface area contributed by atoms with Crippen molar-refractivity contribution in [3.8, 4) is 0 Å². The average molecular weight is 476 g/mol. The van der Waals surface area contributed by atoms with Crippen molar-refractivity contribution < 1.29 is 22.3 Å². The topological polar surface area (TPSA) is 40.9 Å². The van der Waals surface area contributed by atoms with Gasteiger partial charge < -0.3 is 19.4 Å². The van der Waals surface area contributed by atoms with E-state index in [4.69, 9.17) is 33.0 Å². The molecule has 1 aromatic heterocycles. The molecule has 0 bridgehead atoms. The number of morpholine rings is 1. The number of hydrogen-bond donors (Lipinski definition) is 1. The molecule has 0 saturated carbocycles. The van der Waals surface area contributed by atoms with Crippen LogP contribution in [0, 0.1) is 6.92 Å². The fourth-order valence-electron chi connectivity index (χ4n) is 3.37. The number of thiocarbonyl (C=S) groups is 1. The van der Waals surface area contributed by atoms with E-state index in [1.807, 2.05) is 24.0 Å². The molecular formula is C21H25ClF3N3O2S. The summed E-state index contributed by atoms with van der Waals surface area (Å²) in [4.78, 5) is 4.12. The molecule has 3 rings (SSSR count). The van der Waals surface area contributed by atoms with Gasteiger partial charge in [0.2, 0.25) is 0 Å². The van der Waals surface area contributed by atoms with Crippen LogP contribution in [0.25, 0.3) is 0 Å². The van der Waals surface area contributed by atoms with Gasteiger partial charge in [0.05, 0.1) is 31.0 Å². The molecule has 10 heteroatoms. The van der Waals surface area contributed by atoms with Gasteiger partial charge in [0.1, 0.15) is 11.5 Å². The molecule has 0 atom stereocenters. The molecule has 170 valence electrons. The quantitative estimate of drug-likeness (QED) is 0.556. The molecule has 5 nitrogen and oxygen atoms in total. The van der Waals surface area contributed by atoms with E-state index in [0.717, 1.165) is 37.9 Å². The summed E-state index contributed by atoms with van der Waals surface area (Å²) in [5, 5.41) is 2.97. The number of hydrogen-bond acceptors (Lipinski definition) is 4. The minimum Gasteiger partial charge on any atom is -0.464 e. The van der Waals surface area contributed by atoms with Crippen LogP contribution in [0.3, 0.4) is 0 Å². The van der Waals surface area contributed by atoms with Crippen molar-refractivity contribution in [1.29, 1.82) is 0 Å². The Hall–Kier alpha value is -1.81. The molecule has 1 N–H and O–H groups in total. The maximum Gasteiger partial charge on any atom is 0.418 e. The molecule has 0 spiro atoms. The summed E-state index contributed by atoms with van der Waals surface area (Å²) in [5.74, 6) is 1.46. The third kappa shape index (κ3) is 7.10. The summed E-state index contributed by atoms with van der Waals surface area (Å²) < 4.78 is 51.4. The normalized spacial score (nSPS) is 15.1. The lowest BCUT2D eigenvalue weighted by atomic mass is 10.1. The van der Waals surface area contributed by atoms with E-state index in [1.165, 1.54) is 12.1 Å². The van der Waals surface area contributed by atoms with Gasteiger partial charge in [0.15, 0.2) is 5.11 Å². The Labute approximate surface area is 190 Å². The molecule has 1 saturated heterocycles. The highest BCUT2D eigenvalue weighted by Gasteiger charge is 2.34. The molecule has 0 amide bonds. The lowest BCUT2D eigenvalue weighted by Crippen LogP contribution is -2.40. The van der Waals surface area contributed by atoms with Gasteiger partial charge in [-0.15, -0.1) is 0 Å². The molecule has 2 aromatic rings. The monoisotopic (exact) mass is 475 g/mol. The molecule has 1 aliphatic rings. The van der Waals surface area contributed by atoms with E-state index in [-0.39, 0.29) is 15.8 Å². The van der Waals surface area contributed by atoms with Crippen LogP contribution in [0.1, 0.15) is 23.5 Å². The van der Waals surface area contributed by atoms with Gasteiger partial charge in [-0.05, 0) is 55.9 Å². The van der Waals surface area contributed by atoms with Gasteiger partial charge in [-0.2, -0.15) is 13.2 Å². The van der Waals surface area contributed by atoms with Crippen molar-refractivity contribution >= 4 is 34.6 Å². The standard InChI is InChI=1S/C21H25ClF3N3O2S/c1-15-3-5-17(30-15)14-28(8-2-7-27-9-11-29-12-10-27)20(31)26-19-6-4-16(22)13-18(19)21(23,24)25/h3-6,13H,2,7-12,14H2,1H3,(H,26,31). The second kappa shape index (κ2) is 10.7. The minimum absolute atomic E-state index is 0.0113. The van der Waals surface area contributed by atoms with Crippen molar-refractivity contribution in [2.24, 2.45) is 0 Å². The van der Waals surface area contributed by atoms with Crippen LogP contribution in [0.2, 0.25) is 5.02 Å². The zero-order valence-electron chi connectivity index (χ0n) is 17.2. The number of furan rings is 1. The Kier molecular flexibility index (Phi) is 8.21. The van der Waals surface area contributed by atoms with Crippen LogP contribution in [-0.4, -0.2) is 54.3 Å². The van der Waals surface area contributed by atoms with Crippen LogP contribution in [-0.2, 0) is 17.5 Å². The molecule has 1 fully saturated rings. The maximum atomic E-state index is 13.5. The summed E-state index contributed by atoms with van der Waals surface area (Å²) in [6, 6.07) is 7.28. The first kappa shape index (κ1) is 23.8. The summed E-state index contributed by atoms with van der Waals surface area (Å²) in [5.41, 5.74) is -0.986. The number of anilines is 1. The van der Waals surface area contributed by atoms with Crippen molar-refractivity contribution in [2.75, 3.05) is 44.7 Å². The second-order valence-electron chi connectivity index (χ2n) is 7.36. The molecular weight excluding hydrogens is 451 g/mol. The van der Waals surface area contributed by atoms with Gasteiger partial charge in [-0.3, -0.25) is 4.90 Å². The maximum absolute atomic E-state index is 13.5. The number of halogens is 4. The van der Waals surface area contributed by atoms with E-state index in [9.17, 15) is 13.2 Å². The van der Waals surface area contributed by atoms with Gasteiger partial charge in [0.25, 0.3) is 0 Å². The largest absolute Gasteiger partial charge is 0.464 e. The summed E-state index contributed by atoms with van der Waals surface area (Å²) in [6.45, 7) is 6.80. The molecule has 0 aliphatic carbocycles. The Morgan fingerprint density at radius 3 is 2.61 bits per heavy atom. The van der Waals surface area contributed by atoms with Crippen LogP contribution >= 0.6 is 23.8 Å². The lowest BCUT2D eigenvalue weighted by molar-refractivity contribution is -0.136. The molecule has 2 heterocycles. The predicted molar refractivity (Wildman–Crippen MR) is 118 cm³/mol. The second-order valence-corrected chi connectivity index (χ2v) is 8.18. The van der Waals surface area contributed by atoms with Gasteiger partial charge in [-0.1, -0.05) is 11.6 Å². The van der Waals surface area contributed by atoms with Gasteiger partial charge >= 0.3 is 6.18 Å². The summed E-state index contributed by atoms with van der Waals surface area (Å²) >= 11 is 11.3. The van der Waals surface area contributed by atoms with Crippen LogP contribution in [0.15, 0.2) is 34.7 Å². The first-order valence-electron chi connectivity index (χ1n) is 10.0. The Bertz CT molecular complexity index is 885. The highest BCUT2D eigenvalue weighted by molar-refractivity contribution is 7.80. The zero-order chi connectivity index (χ0) is 22.4. The number of aryl methyl sites for hydroxylation is 1. The first-order chi connectivity index (χ1) is 14.7. The average Bonchev–Trinajstić information content (AvgIpc) is 3.13. The van der Waals surface area contributed by atoms with E-state index < -0.39 is 11.7 Å². The van der Waals surface area contributed by atoms with Crippen molar-refractivity contribution in [2.45, 2.75) is 26.1 Å². The van der Waals surface area contributed by atoms with E-state index in [2.05, 4.69) is 10.2 Å². The Morgan fingerprint density at radius 1 is 1.23 bits per heavy atom. The van der Waals surface area contributed by atoms with Crippen molar-refractivity contribution in [1.82, 2.24) is 9.80 Å². The fraction of sp³-hybridized carbons (Fsp3) is 0.476. The van der Waals surface area contributed by atoms with Crippen molar-refractivity contribution in [3.63, 3.8) is 0 Å².